The minimum Gasteiger partial charge on any atom is -0.480 e. The van der Waals surface area contributed by atoms with Gasteiger partial charge in [-0.2, -0.15) is 0 Å². The molecule has 0 aliphatic heterocycles. The summed E-state index contributed by atoms with van der Waals surface area (Å²) < 4.78 is 18.5. The summed E-state index contributed by atoms with van der Waals surface area (Å²) in [6.07, 6.45) is 2.01. The van der Waals surface area contributed by atoms with Crippen LogP contribution in [0.4, 0.5) is 4.39 Å². The fourth-order valence-corrected chi connectivity index (χ4v) is 2.32. The van der Waals surface area contributed by atoms with E-state index in [2.05, 4.69) is 15.4 Å². The molecule has 0 spiro atoms. The number of hydrogen-bond acceptors (Lipinski definition) is 5. The first kappa shape index (κ1) is 22.8. The van der Waals surface area contributed by atoms with Crippen molar-refractivity contribution in [1.29, 1.82) is 0 Å². The Hall–Kier alpha value is -3.23. The van der Waals surface area contributed by atoms with Crippen LogP contribution < -0.4 is 10.6 Å². The van der Waals surface area contributed by atoms with Crippen LogP contribution in [0.3, 0.4) is 0 Å². The fourth-order valence-electron chi connectivity index (χ4n) is 2.32. The Labute approximate surface area is 161 Å². The summed E-state index contributed by atoms with van der Waals surface area (Å²) in [5.41, 5.74) is 0.200. The smallest absolute Gasteiger partial charge is 0.330 e. The molecule has 0 bridgehead atoms. The van der Waals surface area contributed by atoms with Crippen molar-refractivity contribution in [2.24, 2.45) is 0 Å². The second kappa shape index (κ2) is 11.5. The Balaban J connectivity index is 2.84. The molecule has 1 rings (SSSR count). The van der Waals surface area contributed by atoms with Gasteiger partial charge in [0, 0.05) is 19.4 Å². The molecule has 0 heterocycles. The molecule has 0 unspecified atom stereocenters. The lowest BCUT2D eigenvalue weighted by molar-refractivity contribution is -0.142. The molecule has 3 N–H and O–H groups in total. The molecule has 1 aromatic carbocycles. The quantitative estimate of drug-likeness (QED) is 0.401. The molecule has 0 saturated carbocycles. The summed E-state index contributed by atoms with van der Waals surface area (Å²) in [6.45, 7) is 3.00. The molecule has 1 aromatic rings. The van der Waals surface area contributed by atoms with Gasteiger partial charge in [0.2, 0.25) is 11.8 Å². The highest BCUT2D eigenvalue weighted by molar-refractivity contribution is 5.90. The summed E-state index contributed by atoms with van der Waals surface area (Å²) in [5.74, 6) is -3.80. The van der Waals surface area contributed by atoms with E-state index in [1.807, 2.05) is 0 Å². The third kappa shape index (κ3) is 7.98. The van der Waals surface area contributed by atoms with Crippen molar-refractivity contribution < 1.29 is 33.4 Å². The third-order valence-electron chi connectivity index (χ3n) is 3.60. The molecule has 0 aromatic heterocycles. The Morgan fingerprint density at radius 3 is 2.43 bits per heavy atom. The lowest BCUT2D eigenvalue weighted by Crippen LogP contribution is -2.52. The Morgan fingerprint density at radius 1 is 1.18 bits per heavy atom. The van der Waals surface area contributed by atoms with E-state index in [4.69, 9.17) is 0 Å². The van der Waals surface area contributed by atoms with Crippen LogP contribution in [-0.2, 0) is 30.3 Å². The van der Waals surface area contributed by atoms with E-state index in [0.29, 0.717) is 0 Å². The number of halogens is 1. The van der Waals surface area contributed by atoms with E-state index in [1.165, 1.54) is 31.2 Å². The minimum atomic E-state index is -1.34. The van der Waals surface area contributed by atoms with Gasteiger partial charge in [0.05, 0.1) is 6.61 Å². The summed E-state index contributed by atoms with van der Waals surface area (Å²) in [6, 6.07) is 3.26. The number of ether oxygens (including phenoxy) is 1. The SMILES string of the molecule is CCOC(=O)/C=C/C[C@H](NC(=O)[C@H](Cc1ccccc1F)NC(C)=O)C(=O)O. The number of carbonyl (C=O) groups excluding carboxylic acids is 3. The maximum absolute atomic E-state index is 13.9. The van der Waals surface area contributed by atoms with E-state index < -0.39 is 41.7 Å². The summed E-state index contributed by atoms with van der Waals surface area (Å²) >= 11 is 0. The van der Waals surface area contributed by atoms with Gasteiger partial charge < -0.3 is 20.5 Å². The zero-order chi connectivity index (χ0) is 21.1. The predicted molar refractivity (Wildman–Crippen MR) is 97.7 cm³/mol. The molecule has 9 heteroatoms. The van der Waals surface area contributed by atoms with Gasteiger partial charge in [-0.05, 0) is 25.0 Å². The van der Waals surface area contributed by atoms with E-state index in [-0.39, 0.29) is 25.0 Å². The Morgan fingerprint density at radius 2 is 1.86 bits per heavy atom. The molecule has 0 fully saturated rings. The van der Waals surface area contributed by atoms with E-state index >= 15 is 0 Å². The second-order valence-electron chi connectivity index (χ2n) is 5.84. The van der Waals surface area contributed by atoms with Gasteiger partial charge in [-0.25, -0.2) is 14.0 Å². The lowest BCUT2D eigenvalue weighted by atomic mass is 10.0. The lowest BCUT2D eigenvalue weighted by Gasteiger charge is -2.20. The van der Waals surface area contributed by atoms with Crippen LogP contribution in [0.5, 0.6) is 0 Å². The monoisotopic (exact) mass is 394 g/mol. The minimum absolute atomic E-state index is 0.150. The van der Waals surface area contributed by atoms with Crippen molar-refractivity contribution in [1.82, 2.24) is 10.6 Å². The number of nitrogens with one attached hydrogen (secondary N) is 2. The van der Waals surface area contributed by atoms with Crippen LogP contribution in [-0.4, -0.2) is 47.6 Å². The van der Waals surface area contributed by atoms with E-state index in [9.17, 15) is 28.7 Å². The molecular formula is C19H23FN2O6. The van der Waals surface area contributed by atoms with Gasteiger partial charge in [-0.15, -0.1) is 0 Å². The van der Waals surface area contributed by atoms with Crippen molar-refractivity contribution >= 4 is 23.8 Å². The van der Waals surface area contributed by atoms with Gasteiger partial charge in [0.15, 0.2) is 0 Å². The maximum Gasteiger partial charge on any atom is 0.330 e. The van der Waals surface area contributed by atoms with Gasteiger partial charge >= 0.3 is 11.9 Å². The van der Waals surface area contributed by atoms with Crippen LogP contribution in [0.25, 0.3) is 0 Å². The average Bonchev–Trinajstić information content (AvgIpc) is 2.61. The van der Waals surface area contributed by atoms with Crippen LogP contribution >= 0.6 is 0 Å². The molecule has 152 valence electrons. The molecule has 2 atom stereocenters. The first-order valence-corrected chi connectivity index (χ1v) is 8.61. The number of rotatable bonds is 10. The first-order chi connectivity index (χ1) is 13.2. The van der Waals surface area contributed by atoms with Crippen LogP contribution in [0, 0.1) is 5.82 Å². The molecule has 0 saturated heterocycles. The van der Waals surface area contributed by atoms with Crippen molar-refractivity contribution in [2.75, 3.05) is 6.61 Å². The zero-order valence-electron chi connectivity index (χ0n) is 15.6. The number of carboxylic acid groups (broad SMARTS) is 1. The third-order valence-corrected chi connectivity index (χ3v) is 3.60. The van der Waals surface area contributed by atoms with Crippen LogP contribution in [0.2, 0.25) is 0 Å². The van der Waals surface area contributed by atoms with Gasteiger partial charge in [0.25, 0.3) is 0 Å². The number of carbonyl (C=O) groups is 4. The zero-order valence-corrected chi connectivity index (χ0v) is 15.6. The summed E-state index contributed by atoms with van der Waals surface area (Å²) in [5, 5.41) is 14.0. The highest BCUT2D eigenvalue weighted by Crippen LogP contribution is 2.10. The maximum atomic E-state index is 13.9. The average molecular weight is 394 g/mol. The van der Waals surface area contributed by atoms with Crippen LogP contribution in [0.1, 0.15) is 25.8 Å². The van der Waals surface area contributed by atoms with Crippen LogP contribution in [0.15, 0.2) is 36.4 Å². The molecule has 0 radical (unpaired) electrons. The molecule has 28 heavy (non-hydrogen) atoms. The number of benzene rings is 1. The van der Waals surface area contributed by atoms with Gasteiger partial charge in [-0.1, -0.05) is 24.3 Å². The summed E-state index contributed by atoms with van der Waals surface area (Å²) in [4.78, 5) is 46.5. The molecular weight excluding hydrogens is 371 g/mol. The van der Waals surface area contributed by atoms with Crippen molar-refractivity contribution in [3.8, 4) is 0 Å². The number of carboxylic acids is 1. The normalized spacial score (nSPS) is 12.8. The number of amides is 2. The topological polar surface area (TPSA) is 122 Å². The number of aliphatic carboxylic acids is 1. The highest BCUT2D eigenvalue weighted by Gasteiger charge is 2.26. The highest BCUT2D eigenvalue weighted by atomic mass is 19.1. The second-order valence-corrected chi connectivity index (χ2v) is 5.84. The van der Waals surface area contributed by atoms with Crippen molar-refractivity contribution in [2.45, 2.75) is 38.8 Å². The first-order valence-electron chi connectivity index (χ1n) is 8.61. The molecule has 8 nitrogen and oxygen atoms in total. The summed E-state index contributed by atoms with van der Waals surface area (Å²) in [7, 11) is 0. The Kier molecular flexibility index (Phi) is 9.35. The number of hydrogen-bond donors (Lipinski definition) is 3. The van der Waals surface area contributed by atoms with Gasteiger partial charge in [-0.3, -0.25) is 9.59 Å². The fraction of sp³-hybridized carbons (Fsp3) is 0.368. The molecule has 0 aliphatic rings. The standard InChI is InChI=1S/C19H23FN2O6/c1-3-28-17(24)10-6-9-15(19(26)27)22-18(25)16(21-12(2)23)11-13-7-4-5-8-14(13)20/h4-8,10,15-16H,3,9,11H2,1-2H3,(H,21,23)(H,22,25)(H,26,27)/b10-6+/t15-,16-/m0/s1. The van der Waals surface area contributed by atoms with Gasteiger partial charge in [0.1, 0.15) is 17.9 Å². The van der Waals surface area contributed by atoms with Crippen molar-refractivity contribution in [3.63, 3.8) is 0 Å². The largest absolute Gasteiger partial charge is 0.480 e. The predicted octanol–water partition coefficient (Wildman–Crippen LogP) is 0.952. The van der Waals surface area contributed by atoms with E-state index in [0.717, 1.165) is 6.08 Å². The number of esters is 1. The van der Waals surface area contributed by atoms with Crippen molar-refractivity contribution in [3.05, 3.63) is 47.8 Å². The Bertz CT molecular complexity index is 750. The van der Waals surface area contributed by atoms with E-state index in [1.54, 1.807) is 13.0 Å². The molecule has 2 amide bonds. The molecule has 0 aliphatic carbocycles.